The number of rotatable bonds is 7. The van der Waals surface area contributed by atoms with E-state index in [0.717, 1.165) is 35.8 Å². The van der Waals surface area contributed by atoms with Crippen molar-refractivity contribution >= 4 is 11.8 Å². The minimum absolute atomic E-state index is 0.207. The van der Waals surface area contributed by atoms with Crippen molar-refractivity contribution in [3.8, 4) is 5.75 Å². The summed E-state index contributed by atoms with van der Waals surface area (Å²) in [5.74, 6) is 1.83. The Balaban J connectivity index is 1.33. The zero-order valence-corrected chi connectivity index (χ0v) is 15.2. The first-order valence-electron chi connectivity index (χ1n) is 9.12. The van der Waals surface area contributed by atoms with E-state index >= 15 is 0 Å². The number of ether oxygens (including phenoxy) is 1. The van der Waals surface area contributed by atoms with Crippen LogP contribution >= 0.6 is 0 Å². The highest BCUT2D eigenvalue weighted by atomic mass is 16.5. The van der Waals surface area contributed by atoms with Crippen LogP contribution in [0.1, 0.15) is 24.0 Å². The Labute approximate surface area is 154 Å². The maximum Gasteiger partial charge on any atom is 0.315 e. The largest absolute Gasteiger partial charge is 0.492 e. The summed E-state index contributed by atoms with van der Waals surface area (Å²) in [6.07, 6.45) is 4.30. The van der Waals surface area contributed by atoms with Crippen molar-refractivity contribution in [1.82, 2.24) is 15.6 Å². The van der Waals surface area contributed by atoms with E-state index < -0.39 is 0 Å². The van der Waals surface area contributed by atoms with Gasteiger partial charge in [-0.2, -0.15) is 0 Å². The maximum absolute atomic E-state index is 11.9. The van der Waals surface area contributed by atoms with Gasteiger partial charge in [-0.15, -0.1) is 0 Å². The highest BCUT2D eigenvalue weighted by molar-refractivity contribution is 5.73. The lowest BCUT2D eigenvalue weighted by Crippen LogP contribution is -2.37. The zero-order valence-electron chi connectivity index (χ0n) is 15.2. The fraction of sp³-hybridized carbons (Fsp3) is 0.400. The molecule has 2 N–H and O–H groups in total. The van der Waals surface area contributed by atoms with Crippen molar-refractivity contribution in [2.24, 2.45) is 0 Å². The molecule has 0 spiro atoms. The molecule has 1 saturated heterocycles. The summed E-state index contributed by atoms with van der Waals surface area (Å²) in [7, 11) is 0. The smallest absolute Gasteiger partial charge is 0.315 e. The molecular formula is C20H26N4O2. The lowest BCUT2D eigenvalue weighted by Gasteiger charge is -2.16. The Kier molecular flexibility index (Phi) is 6.30. The van der Waals surface area contributed by atoms with Gasteiger partial charge in [-0.25, -0.2) is 9.78 Å². The number of benzene rings is 1. The van der Waals surface area contributed by atoms with E-state index in [2.05, 4.69) is 20.5 Å². The van der Waals surface area contributed by atoms with Crippen LogP contribution in [0.3, 0.4) is 0 Å². The van der Waals surface area contributed by atoms with Gasteiger partial charge in [0, 0.05) is 25.8 Å². The van der Waals surface area contributed by atoms with E-state index in [0.29, 0.717) is 19.7 Å². The molecule has 2 amide bonds. The van der Waals surface area contributed by atoms with Crippen LogP contribution in [0.15, 0.2) is 42.6 Å². The first kappa shape index (κ1) is 18.0. The third kappa shape index (κ3) is 5.37. The molecule has 138 valence electrons. The lowest BCUT2D eigenvalue weighted by molar-refractivity contribution is 0.236. The second-order valence-corrected chi connectivity index (χ2v) is 6.49. The molecule has 0 unspecified atom stereocenters. The molecule has 1 aliphatic rings. The number of aromatic nitrogens is 1. The van der Waals surface area contributed by atoms with Crippen LogP contribution in [-0.4, -0.2) is 37.3 Å². The number of pyridine rings is 1. The number of aryl methyl sites for hydroxylation is 1. The maximum atomic E-state index is 11.9. The standard InChI is InChI=1S/C20H26N4O2/c1-16-5-4-6-18(13-16)26-12-9-21-20(25)23-15-17-7-8-19(22-14-17)24-10-2-3-11-24/h4-8,13-14H,2-3,9-12,15H2,1H3,(H2,21,23,25). The van der Waals surface area contributed by atoms with Crippen molar-refractivity contribution in [3.05, 3.63) is 53.7 Å². The first-order chi connectivity index (χ1) is 12.7. The second-order valence-electron chi connectivity index (χ2n) is 6.49. The van der Waals surface area contributed by atoms with Gasteiger partial charge in [0.1, 0.15) is 18.2 Å². The average Bonchev–Trinajstić information content (AvgIpc) is 3.19. The van der Waals surface area contributed by atoms with E-state index in [1.807, 2.05) is 49.5 Å². The summed E-state index contributed by atoms with van der Waals surface area (Å²) in [5.41, 5.74) is 2.14. The quantitative estimate of drug-likeness (QED) is 0.751. The van der Waals surface area contributed by atoms with Gasteiger partial charge in [0.15, 0.2) is 0 Å². The van der Waals surface area contributed by atoms with Crippen molar-refractivity contribution in [3.63, 3.8) is 0 Å². The molecule has 6 heteroatoms. The van der Waals surface area contributed by atoms with Gasteiger partial charge in [0.2, 0.25) is 0 Å². The second kappa shape index (κ2) is 9.08. The van der Waals surface area contributed by atoms with Gasteiger partial charge in [0.05, 0.1) is 6.54 Å². The number of anilines is 1. The molecule has 2 heterocycles. The molecular weight excluding hydrogens is 328 g/mol. The fourth-order valence-corrected chi connectivity index (χ4v) is 2.94. The monoisotopic (exact) mass is 354 g/mol. The van der Waals surface area contributed by atoms with Crippen LogP contribution in [-0.2, 0) is 6.54 Å². The van der Waals surface area contributed by atoms with Crippen LogP contribution in [0.2, 0.25) is 0 Å². The van der Waals surface area contributed by atoms with Crippen LogP contribution in [0.25, 0.3) is 0 Å². The minimum atomic E-state index is -0.207. The molecule has 6 nitrogen and oxygen atoms in total. The number of nitrogens with zero attached hydrogens (tertiary/aromatic N) is 2. The number of carbonyl (C=O) groups excluding carboxylic acids is 1. The summed E-state index contributed by atoms with van der Waals surface area (Å²) in [5, 5.41) is 5.63. The third-order valence-electron chi connectivity index (χ3n) is 4.34. The van der Waals surface area contributed by atoms with Crippen molar-refractivity contribution in [1.29, 1.82) is 0 Å². The van der Waals surface area contributed by atoms with Crippen molar-refractivity contribution in [2.45, 2.75) is 26.3 Å². The van der Waals surface area contributed by atoms with E-state index in [-0.39, 0.29) is 6.03 Å². The Morgan fingerprint density at radius 1 is 1.19 bits per heavy atom. The summed E-state index contributed by atoms with van der Waals surface area (Å²) in [6, 6.07) is 11.7. The number of urea groups is 1. The van der Waals surface area contributed by atoms with Gasteiger partial charge < -0.3 is 20.3 Å². The number of hydrogen-bond donors (Lipinski definition) is 2. The summed E-state index contributed by atoms with van der Waals surface area (Å²) >= 11 is 0. The van der Waals surface area contributed by atoms with E-state index in [9.17, 15) is 4.79 Å². The van der Waals surface area contributed by atoms with Gasteiger partial charge in [-0.3, -0.25) is 0 Å². The molecule has 3 rings (SSSR count). The minimum Gasteiger partial charge on any atom is -0.492 e. The van der Waals surface area contributed by atoms with Crippen LogP contribution < -0.4 is 20.3 Å². The van der Waals surface area contributed by atoms with E-state index in [1.54, 1.807) is 0 Å². The van der Waals surface area contributed by atoms with Crippen LogP contribution in [0.4, 0.5) is 10.6 Å². The Bertz CT molecular complexity index is 712. The number of carbonyl (C=O) groups is 1. The summed E-state index contributed by atoms with van der Waals surface area (Å²) in [4.78, 5) is 18.6. The van der Waals surface area contributed by atoms with Crippen LogP contribution in [0.5, 0.6) is 5.75 Å². The molecule has 0 saturated carbocycles. The van der Waals surface area contributed by atoms with Gasteiger partial charge in [-0.05, 0) is 49.1 Å². The number of nitrogens with one attached hydrogen (secondary N) is 2. The fourth-order valence-electron chi connectivity index (χ4n) is 2.94. The molecule has 0 radical (unpaired) electrons. The molecule has 0 bridgehead atoms. The number of amides is 2. The van der Waals surface area contributed by atoms with E-state index in [4.69, 9.17) is 4.74 Å². The summed E-state index contributed by atoms with van der Waals surface area (Å²) in [6.45, 7) is 5.52. The zero-order chi connectivity index (χ0) is 18.2. The van der Waals surface area contributed by atoms with Crippen LogP contribution in [0, 0.1) is 6.92 Å². The molecule has 1 aromatic heterocycles. The SMILES string of the molecule is Cc1cccc(OCCNC(=O)NCc2ccc(N3CCCC3)nc2)c1. The Hall–Kier alpha value is -2.76. The van der Waals surface area contributed by atoms with E-state index in [1.165, 1.54) is 12.8 Å². The lowest BCUT2D eigenvalue weighted by atomic mass is 10.2. The highest BCUT2D eigenvalue weighted by Crippen LogP contribution is 2.17. The Morgan fingerprint density at radius 3 is 2.77 bits per heavy atom. The third-order valence-corrected chi connectivity index (χ3v) is 4.34. The van der Waals surface area contributed by atoms with Crippen molar-refractivity contribution < 1.29 is 9.53 Å². The summed E-state index contributed by atoms with van der Waals surface area (Å²) < 4.78 is 5.60. The molecule has 2 aromatic rings. The van der Waals surface area contributed by atoms with Gasteiger partial charge in [-0.1, -0.05) is 18.2 Å². The molecule has 0 atom stereocenters. The predicted octanol–water partition coefficient (Wildman–Crippen LogP) is 2.87. The molecule has 1 aliphatic heterocycles. The first-order valence-corrected chi connectivity index (χ1v) is 9.12. The molecule has 0 aliphatic carbocycles. The number of hydrogen-bond acceptors (Lipinski definition) is 4. The molecule has 1 aromatic carbocycles. The molecule has 1 fully saturated rings. The topological polar surface area (TPSA) is 66.5 Å². The van der Waals surface area contributed by atoms with Crippen molar-refractivity contribution in [2.75, 3.05) is 31.1 Å². The van der Waals surface area contributed by atoms with Gasteiger partial charge in [0.25, 0.3) is 0 Å². The van der Waals surface area contributed by atoms with Gasteiger partial charge >= 0.3 is 6.03 Å². The normalized spacial score (nSPS) is 13.5. The highest BCUT2D eigenvalue weighted by Gasteiger charge is 2.13. The average molecular weight is 354 g/mol. The Morgan fingerprint density at radius 2 is 2.04 bits per heavy atom. The molecule has 26 heavy (non-hydrogen) atoms. The predicted molar refractivity (Wildman–Crippen MR) is 103 cm³/mol.